The monoisotopic (exact) mass is 419 g/mol. The average molecular weight is 420 g/mol. The molecule has 4 heteroatoms. The Labute approximate surface area is 143 Å². The molecule has 0 heterocycles. The molecule has 0 amide bonds. The van der Waals surface area contributed by atoms with E-state index in [-0.39, 0.29) is 6.04 Å². The van der Waals surface area contributed by atoms with Crippen LogP contribution in [0.4, 0.5) is 0 Å². The van der Waals surface area contributed by atoms with Crippen molar-refractivity contribution in [2.45, 2.75) is 19.4 Å². The highest BCUT2D eigenvalue weighted by Crippen LogP contribution is 2.26. The Morgan fingerprint density at radius 2 is 1.65 bits per heavy atom. The second kappa shape index (κ2) is 7.64. The zero-order chi connectivity index (χ0) is 14.5. The topological polar surface area (TPSA) is 12.0 Å². The minimum atomic E-state index is 0.219. The van der Waals surface area contributed by atoms with Gasteiger partial charge in [0.25, 0.3) is 0 Å². The van der Waals surface area contributed by atoms with E-state index in [1.165, 1.54) is 9.13 Å². The fraction of sp³-hybridized carbons (Fsp3) is 0.250. The molecule has 0 fully saturated rings. The molecule has 1 atom stereocenters. The number of rotatable bonds is 5. The second-order valence-electron chi connectivity index (χ2n) is 4.64. The maximum atomic E-state index is 6.10. The number of halogens is 3. The van der Waals surface area contributed by atoms with Crippen LogP contribution in [0.15, 0.2) is 42.5 Å². The predicted octanol–water partition coefficient (Wildman–Crippen LogP) is 5.49. The van der Waals surface area contributed by atoms with Gasteiger partial charge in [0.1, 0.15) is 0 Å². The second-order valence-corrected chi connectivity index (χ2v) is 6.76. The molecule has 2 aromatic carbocycles. The summed E-state index contributed by atoms with van der Waals surface area (Å²) in [6.07, 6.45) is 0.918. The Morgan fingerprint density at radius 3 is 2.20 bits per heavy atom. The lowest BCUT2D eigenvalue weighted by Gasteiger charge is -2.19. The molecule has 0 radical (unpaired) electrons. The number of benzene rings is 2. The summed E-state index contributed by atoms with van der Waals surface area (Å²) < 4.78 is 1.25. The molecule has 1 unspecified atom stereocenters. The predicted molar refractivity (Wildman–Crippen MR) is 95.7 cm³/mol. The van der Waals surface area contributed by atoms with E-state index in [1.807, 2.05) is 12.1 Å². The maximum Gasteiger partial charge on any atom is 0.0424 e. The Balaban J connectivity index is 2.23. The summed E-state index contributed by atoms with van der Waals surface area (Å²) in [5, 5.41) is 4.85. The van der Waals surface area contributed by atoms with Gasteiger partial charge in [-0.1, -0.05) is 42.3 Å². The van der Waals surface area contributed by atoms with Gasteiger partial charge in [-0.05, 0) is 77.0 Å². The van der Waals surface area contributed by atoms with E-state index in [0.29, 0.717) is 10.0 Å². The molecule has 0 aliphatic heterocycles. The summed E-state index contributed by atoms with van der Waals surface area (Å²) in [5.41, 5.74) is 2.43. The van der Waals surface area contributed by atoms with Gasteiger partial charge in [0, 0.05) is 19.7 Å². The lowest BCUT2D eigenvalue weighted by Crippen LogP contribution is -2.23. The van der Waals surface area contributed by atoms with E-state index in [9.17, 15) is 0 Å². The van der Waals surface area contributed by atoms with Crippen molar-refractivity contribution in [3.63, 3.8) is 0 Å². The summed E-state index contributed by atoms with van der Waals surface area (Å²) in [5.74, 6) is 0. The maximum absolute atomic E-state index is 6.10. The van der Waals surface area contributed by atoms with Crippen LogP contribution in [0.1, 0.15) is 24.1 Å². The fourth-order valence-electron chi connectivity index (χ4n) is 2.19. The van der Waals surface area contributed by atoms with Crippen molar-refractivity contribution in [2.75, 3.05) is 6.54 Å². The van der Waals surface area contributed by atoms with Gasteiger partial charge in [-0.15, -0.1) is 0 Å². The van der Waals surface area contributed by atoms with Crippen molar-refractivity contribution in [1.29, 1.82) is 0 Å². The smallest absolute Gasteiger partial charge is 0.0424 e. The molecule has 0 bridgehead atoms. The van der Waals surface area contributed by atoms with E-state index in [4.69, 9.17) is 23.2 Å². The zero-order valence-corrected chi connectivity index (χ0v) is 14.8. The zero-order valence-electron chi connectivity index (χ0n) is 11.2. The Bertz CT molecular complexity index is 549. The Morgan fingerprint density at radius 1 is 1.05 bits per heavy atom. The van der Waals surface area contributed by atoms with Crippen molar-refractivity contribution in [2.24, 2.45) is 0 Å². The molecule has 0 aliphatic carbocycles. The first-order chi connectivity index (χ1) is 9.58. The van der Waals surface area contributed by atoms with Crippen LogP contribution in [0.2, 0.25) is 10.0 Å². The van der Waals surface area contributed by atoms with Gasteiger partial charge < -0.3 is 5.32 Å². The lowest BCUT2D eigenvalue weighted by molar-refractivity contribution is 0.550. The van der Waals surface area contributed by atoms with Gasteiger partial charge in [-0.2, -0.15) is 0 Å². The fourth-order valence-corrected chi connectivity index (χ4v) is 3.09. The van der Waals surface area contributed by atoms with Crippen molar-refractivity contribution in [1.82, 2.24) is 5.32 Å². The molecular weight excluding hydrogens is 404 g/mol. The van der Waals surface area contributed by atoms with Gasteiger partial charge in [0.15, 0.2) is 0 Å². The first kappa shape index (κ1) is 16.1. The van der Waals surface area contributed by atoms with E-state index in [0.717, 1.165) is 18.5 Å². The van der Waals surface area contributed by atoms with Gasteiger partial charge in [0.05, 0.1) is 0 Å². The Hall–Kier alpha value is -0.290. The highest BCUT2D eigenvalue weighted by atomic mass is 127. The van der Waals surface area contributed by atoms with Crippen LogP contribution >= 0.6 is 45.8 Å². The number of hydrogen-bond acceptors (Lipinski definition) is 1. The minimum Gasteiger partial charge on any atom is -0.310 e. The number of nitrogens with one attached hydrogen (secondary N) is 1. The van der Waals surface area contributed by atoms with Crippen molar-refractivity contribution >= 4 is 45.8 Å². The SMILES string of the molecule is CCNC(Cc1ccc(I)cc1)c1cc(Cl)cc(Cl)c1. The third-order valence-corrected chi connectivity index (χ3v) is 4.25. The van der Waals surface area contributed by atoms with Gasteiger partial charge in [-0.25, -0.2) is 0 Å². The van der Waals surface area contributed by atoms with E-state index >= 15 is 0 Å². The molecule has 0 saturated heterocycles. The summed E-state index contributed by atoms with van der Waals surface area (Å²) in [6.45, 7) is 3.01. The highest BCUT2D eigenvalue weighted by molar-refractivity contribution is 14.1. The van der Waals surface area contributed by atoms with Crippen molar-refractivity contribution in [3.8, 4) is 0 Å². The lowest BCUT2D eigenvalue weighted by atomic mass is 9.99. The van der Waals surface area contributed by atoms with Crippen LogP contribution in [0.3, 0.4) is 0 Å². The quantitative estimate of drug-likeness (QED) is 0.631. The molecule has 2 rings (SSSR count). The van der Waals surface area contributed by atoms with Crippen LogP contribution < -0.4 is 5.32 Å². The standard InChI is InChI=1S/C16H16Cl2IN/c1-2-20-16(7-11-3-5-15(19)6-4-11)12-8-13(17)10-14(18)9-12/h3-6,8-10,16,20H,2,7H2,1H3. The van der Waals surface area contributed by atoms with Gasteiger partial charge in [0.2, 0.25) is 0 Å². The number of hydrogen-bond donors (Lipinski definition) is 1. The first-order valence-corrected chi connectivity index (χ1v) is 8.35. The summed E-state index contributed by atoms with van der Waals surface area (Å²) in [7, 11) is 0. The van der Waals surface area contributed by atoms with E-state index in [2.05, 4.69) is 59.1 Å². The third kappa shape index (κ3) is 4.62. The van der Waals surface area contributed by atoms with Crippen LogP contribution in [-0.4, -0.2) is 6.54 Å². The van der Waals surface area contributed by atoms with E-state index < -0.39 is 0 Å². The molecule has 106 valence electrons. The van der Waals surface area contributed by atoms with Crippen molar-refractivity contribution < 1.29 is 0 Å². The van der Waals surface area contributed by atoms with Crippen molar-refractivity contribution in [3.05, 3.63) is 67.2 Å². The molecule has 1 N–H and O–H groups in total. The van der Waals surface area contributed by atoms with Crippen LogP contribution in [0, 0.1) is 3.57 Å². The Kier molecular flexibility index (Phi) is 6.15. The van der Waals surface area contributed by atoms with Crippen LogP contribution in [-0.2, 0) is 6.42 Å². The molecule has 0 aromatic heterocycles. The number of likely N-dealkylation sites (N-methyl/N-ethyl adjacent to an activating group) is 1. The molecule has 0 spiro atoms. The third-order valence-electron chi connectivity index (χ3n) is 3.09. The molecule has 20 heavy (non-hydrogen) atoms. The van der Waals surface area contributed by atoms with Gasteiger partial charge in [-0.3, -0.25) is 0 Å². The molecule has 0 aliphatic rings. The first-order valence-electron chi connectivity index (χ1n) is 6.52. The summed E-state index contributed by atoms with van der Waals surface area (Å²) in [4.78, 5) is 0. The highest BCUT2D eigenvalue weighted by Gasteiger charge is 2.12. The van der Waals surface area contributed by atoms with Gasteiger partial charge >= 0.3 is 0 Å². The van der Waals surface area contributed by atoms with Crippen LogP contribution in [0.25, 0.3) is 0 Å². The van der Waals surface area contributed by atoms with E-state index in [1.54, 1.807) is 6.07 Å². The molecule has 1 nitrogen and oxygen atoms in total. The largest absolute Gasteiger partial charge is 0.310 e. The minimum absolute atomic E-state index is 0.219. The summed E-state index contributed by atoms with van der Waals surface area (Å²) in [6, 6.07) is 14.5. The normalized spacial score (nSPS) is 12.4. The molecule has 2 aromatic rings. The molecular formula is C16H16Cl2IN. The van der Waals surface area contributed by atoms with Crippen LogP contribution in [0.5, 0.6) is 0 Å². The summed E-state index contributed by atoms with van der Waals surface area (Å²) >= 11 is 14.5. The average Bonchev–Trinajstić information content (AvgIpc) is 2.39. The molecule has 0 saturated carbocycles.